The lowest BCUT2D eigenvalue weighted by atomic mass is 10.2. The Kier molecular flexibility index (Phi) is 2.81. The van der Waals surface area contributed by atoms with Crippen molar-refractivity contribution in [1.82, 2.24) is 0 Å². The third kappa shape index (κ3) is 2.41. The maximum Gasteiger partial charge on any atom is 0.225 e. The highest BCUT2D eigenvalue weighted by Gasteiger charge is 2.26. The number of hydrogen-bond acceptors (Lipinski definition) is 3. The number of thiol groups is 1. The number of benzene rings is 1. The molecule has 4 nitrogen and oxygen atoms in total. The molecule has 1 aliphatic rings. The monoisotopic (exact) mass is 226 g/mol. The van der Waals surface area contributed by atoms with Gasteiger partial charge in [0.15, 0.2) is 0 Å². The number of anilines is 2. The zero-order chi connectivity index (χ0) is 10.8. The molecule has 15 heavy (non-hydrogen) atoms. The Hall–Kier alpha value is -1.23. The van der Waals surface area contributed by atoms with Crippen molar-refractivity contribution in [2.24, 2.45) is 5.92 Å². The highest BCUT2D eigenvalue weighted by molar-refractivity contribution is 7.74. The fourth-order valence-corrected chi connectivity index (χ4v) is 2.24. The highest BCUT2D eigenvalue weighted by atomic mass is 32.2. The smallest absolute Gasteiger partial charge is 0.225 e. The van der Waals surface area contributed by atoms with Gasteiger partial charge in [0.1, 0.15) is 0 Å². The second-order valence-electron chi connectivity index (χ2n) is 3.82. The summed E-state index contributed by atoms with van der Waals surface area (Å²) in [6.45, 7) is 0.562. The second-order valence-corrected chi connectivity index (χ2v) is 4.78. The van der Waals surface area contributed by atoms with Crippen LogP contribution >= 0.6 is 0 Å². The standard InChI is InChI=1S/C10H14N2O2S/c11-9-3-1-2-4-10(9)12(15(13)14)7-8-5-6-8/h1-4,8,15H,5-7,11H2. The van der Waals surface area contributed by atoms with Crippen LogP contribution in [0, 0.1) is 5.92 Å². The largest absolute Gasteiger partial charge is 0.397 e. The van der Waals surface area contributed by atoms with E-state index in [1.54, 1.807) is 24.3 Å². The number of nitrogens with two attached hydrogens (primary N) is 1. The minimum atomic E-state index is -2.60. The average Bonchev–Trinajstić information content (AvgIpc) is 2.99. The minimum Gasteiger partial charge on any atom is -0.397 e. The summed E-state index contributed by atoms with van der Waals surface area (Å²) in [5.74, 6) is 0.512. The summed E-state index contributed by atoms with van der Waals surface area (Å²) in [5.41, 5.74) is 6.86. The van der Waals surface area contributed by atoms with Gasteiger partial charge in [-0.05, 0) is 30.9 Å². The van der Waals surface area contributed by atoms with Gasteiger partial charge in [-0.1, -0.05) is 12.1 Å². The van der Waals surface area contributed by atoms with E-state index in [-0.39, 0.29) is 0 Å². The third-order valence-corrected chi connectivity index (χ3v) is 3.31. The van der Waals surface area contributed by atoms with Gasteiger partial charge in [-0.2, -0.15) is 0 Å². The number of nitrogen functional groups attached to an aromatic ring is 1. The molecule has 0 bridgehead atoms. The van der Waals surface area contributed by atoms with Crippen LogP contribution in [0.2, 0.25) is 0 Å². The van der Waals surface area contributed by atoms with Gasteiger partial charge >= 0.3 is 0 Å². The molecule has 1 fully saturated rings. The van der Waals surface area contributed by atoms with Crippen molar-refractivity contribution in [2.45, 2.75) is 12.8 Å². The summed E-state index contributed by atoms with van der Waals surface area (Å²) in [6, 6.07) is 7.05. The van der Waals surface area contributed by atoms with Gasteiger partial charge in [0.05, 0.1) is 11.4 Å². The van der Waals surface area contributed by atoms with Crippen molar-refractivity contribution in [1.29, 1.82) is 0 Å². The maximum atomic E-state index is 11.1. The van der Waals surface area contributed by atoms with Crippen molar-refractivity contribution in [2.75, 3.05) is 16.6 Å². The first kappa shape index (κ1) is 10.3. The lowest BCUT2D eigenvalue weighted by Gasteiger charge is -2.18. The molecule has 0 amide bonds. The highest BCUT2D eigenvalue weighted by Crippen LogP contribution is 2.33. The van der Waals surface area contributed by atoms with E-state index in [9.17, 15) is 8.42 Å². The van der Waals surface area contributed by atoms with E-state index in [2.05, 4.69) is 0 Å². The summed E-state index contributed by atoms with van der Waals surface area (Å²) >= 11 is 0. The molecule has 1 aromatic carbocycles. The predicted molar refractivity (Wildman–Crippen MR) is 61.2 cm³/mol. The molecule has 0 unspecified atom stereocenters. The molecule has 5 heteroatoms. The summed E-state index contributed by atoms with van der Waals surface area (Å²) in [5, 5.41) is 0. The Morgan fingerprint density at radius 3 is 2.53 bits per heavy atom. The Bertz CT molecular complexity index is 419. The van der Waals surface area contributed by atoms with E-state index in [0.29, 0.717) is 23.8 Å². The molecule has 0 atom stereocenters. The normalized spacial score (nSPS) is 15.5. The van der Waals surface area contributed by atoms with Crippen LogP contribution in [0.3, 0.4) is 0 Å². The average molecular weight is 226 g/mol. The Labute approximate surface area is 90.8 Å². The van der Waals surface area contributed by atoms with Crippen LogP contribution in [0.1, 0.15) is 12.8 Å². The van der Waals surface area contributed by atoms with Gasteiger partial charge in [0.2, 0.25) is 10.9 Å². The number of hydrogen-bond donors (Lipinski definition) is 2. The number of para-hydroxylation sites is 2. The fourth-order valence-electron chi connectivity index (χ4n) is 1.52. The molecule has 82 valence electrons. The van der Waals surface area contributed by atoms with Crippen molar-refractivity contribution in [3.63, 3.8) is 0 Å². The summed E-state index contributed by atoms with van der Waals surface area (Å²) < 4.78 is 23.6. The molecule has 0 radical (unpaired) electrons. The molecule has 2 rings (SSSR count). The van der Waals surface area contributed by atoms with Crippen LogP contribution in [0.4, 0.5) is 11.4 Å². The molecule has 2 N–H and O–H groups in total. The Balaban J connectivity index is 2.26. The van der Waals surface area contributed by atoms with Crippen LogP contribution in [-0.4, -0.2) is 15.0 Å². The lowest BCUT2D eigenvalue weighted by molar-refractivity contribution is 0.607. The van der Waals surface area contributed by atoms with Gasteiger partial charge in [0, 0.05) is 6.54 Å². The Morgan fingerprint density at radius 2 is 2.00 bits per heavy atom. The molecular weight excluding hydrogens is 212 g/mol. The van der Waals surface area contributed by atoms with E-state index >= 15 is 0 Å². The van der Waals surface area contributed by atoms with Crippen LogP contribution in [0.25, 0.3) is 0 Å². The number of rotatable bonds is 4. The number of nitrogens with zero attached hydrogens (tertiary/aromatic N) is 1. The molecule has 0 aromatic heterocycles. The summed E-state index contributed by atoms with van der Waals surface area (Å²) in [7, 11) is -2.60. The Morgan fingerprint density at radius 1 is 1.33 bits per heavy atom. The van der Waals surface area contributed by atoms with Gasteiger partial charge < -0.3 is 5.73 Å². The van der Waals surface area contributed by atoms with Crippen molar-refractivity contribution in [3.8, 4) is 0 Å². The van der Waals surface area contributed by atoms with E-state index < -0.39 is 10.9 Å². The zero-order valence-electron chi connectivity index (χ0n) is 8.30. The van der Waals surface area contributed by atoms with Crippen LogP contribution in [0.15, 0.2) is 24.3 Å². The maximum absolute atomic E-state index is 11.1. The second kappa shape index (κ2) is 4.10. The van der Waals surface area contributed by atoms with E-state index in [1.165, 1.54) is 4.31 Å². The zero-order valence-corrected chi connectivity index (χ0v) is 9.19. The molecule has 0 spiro atoms. The minimum absolute atomic E-state index is 0.511. The van der Waals surface area contributed by atoms with Crippen LogP contribution < -0.4 is 10.0 Å². The molecule has 0 aliphatic heterocycles. The van der Waals surface area contributed by atoms with E-state index in [0.717, 1.165) is 12.8 Å². The van der Waals surface area contributed by atoms with Crippen molar-refractivity contribution in [3.05, 3.63) is 24.3 Å². The van der Waals surface area contributed by atoms with E-state index in [1.807, 2.05) is 0 Å². The molecule has 0 saturated heterocycles. The van der Waals surface area contributed by atoms with Crippen LogP contribution in [-0.2, 0) is 10.9 Å². The van der Waals surface area contributed by atoms with Gasteiger partial charge in [0.25, 0.3) is 0 Å². The van der Waals surface area contributed by atoms with Gasteiger partial charge in [-0.3, -0.25) is 4.31 Å². The van der Waals surface area contributed by atoms with Gasteiger partial charge in [-0.15, -0.1) is 0 Å². The quantitative estimate of drug-likeness (QED) is 0.595. The molecule has 1 saturated carbocycles. The molecule has 1 aliphatic carbocycles. The van der Waals surface area contributed by atoms with E-state index in [4.69, 9.17) is 5.73 Å². The lowest BCUT2D eigenvalue weighted by Crippen LogP contribution is -2.24. The predicted octanol–water partition coefficient (Wildman–Crippen LogP) is 1.01. The SMILES string of the molecule is Nc1ccccc1N(CC1CC1)[SH](=O)=O. The first-order valence-corrected chi connectivity index (χ1v) is 6.08. The first-order valence-electron chi connectivity index (χ1n) is 4.95. The third-order valence-electron chi connectivity index (χ3n) is 2.54. The summed E-state index contributed by atoms with van der Waals surface area (Å²) in [6.07, 6.45) is 2.23. The first-order chi connectivity index (χ1) is 7.18. The topological polar surface area (TPSA) is 63.4 Å². The fraction of sp³-hybridized carbons (Fsp3) is 0.400. The van der Waals surface area contributed by atoms with Crippen molar-refractivity contribution >= 4 is 22.3 Å². The molecule has 0 heterocycles. The summed E-state index contributed by atoms with van der Waals surface area (Å²) in [4.78, 5) is 0. The molecule has 1 aromatic rings. The van der Waals surface area contributed by atoms with Crippen LogP contribution in [0.5, 0.6) is 0 Å². The van der Waals surface area contributed by atoms with Gasteiger partial charge in [-0.25, -0.2) is 8.42 Å². The van der Waals surface area contributed by atoms with Crippen molar-refractivity contribution < 1.29 is 8.42 Å². The molecular formula is C10H14N2O2S.